The molecule has 0 spiro atoms. The first-order chi connectivity index (χ1) is 8.69. The van der Waals surface area contributed by atoms with Crippen molar-refractivity contribution in [1.29, 1.82) is 0 Å². The predicted molar refractivity (Wildman–Crippen MR) is 76.2 cm³/mol. The van der Waals surface area contributed by atoms with Gasteiger partial charge < -0.3 is 5.73 Å². The molecule has 106 valence electrons. The molecule has 0 atom stereocenters. The number of hydrogen-bond acceptors (Lipinski definition) is 3. The fraction of sp³-hybridized carbons (Fsp3) is 0.500. The van der Waals surface area contributed by atoms with Gasteiger partial charge in [-0.15, -0.1) is 12.4 Å². The summed E-state index contributed by atoms with van der Waals surface area (Å²) in [5.74, 6) is 0.346. The Balaban J connectivity index is 0.00000180. The van der Waals surface area contributed by atoms with Crippen LogP contribution >= 0.6 is 12.4 Å². The summed E-state index contributed by atoms with van der Waals surface area (Å²) >= 11 is 0. The number of halogens is 2. The number of piperidine rings is 1. The molecule has 1 aliphatic heterocycles. The molecule has 5 heteroatoms. The van der Waals surface area contributed by atoms with E-state index in [0.717, 1.165) is 32.5 Å². The van der Waals surface area contributed by atoms with Crippen LogP contribution in [0.4, 0.5) is 4.39 Å². The summed E-state index contributed by atoms with van der Waals surface area (Å²) in [6.07, 6.45) is 2.13. The van der Waals surface area contributed by atoms with Gasteiger partial charge in [0.25, 0.3) is 0 Å². The summed E-state index contributed by atoms with van der Waals surface area (Å²) in [4.78, 5) is 14.1. The van der Waals surface area contributed by atoms with Crippen molar-refractivity contribution in [2.45, 2.75) is 12.8 Å². The van der Waals surface area contributed by atoms with Crippen molar-refractivity contribution >= 4 is 18.2 Å². The molecule has 0 unspecified atom stereocenters. The Kier molecular flexibility index (Phi) is 6.42. The highest BCUT2D eigenvalue weighted by Gasteiger charge is 2.20. The zero-order valence-electron chi connectivity index (χ0n) is 10.8. The van der Waals surface area contributed by atoms with Crippen molar-refractivity contribution in [2.24, 2.45) is 11.7 Å². The predicted octanol–water partition coefficient (Wildman–Crippen LogP) is 2.10. The fourth-order valence-electron chi connectivity index (χ4n) is 2.31. The van der Waals surface area contributed by atoms with E-state index < -0.39 is 0 Å². The topological polar surface area (TPSA) is 46.3 Å². The lowest BCUT2D eigenvalue weighted by Crippen LogP contribution is -2.39. The lowest BCUT2D eigenvalue weighted by atomic mass is 9.97. The van der Waals surface area contributed by atoms with Crippen LogP contribution in [0.5, 0.6) is 0 Å². The minimum absolute atomic E-state index is 0. The Morgan fingerprint density at radius 1 is 1.26 bits per heavy atom. The van der Waals surface area contributed by atoms with Crippen LogP contribution in [0.2, 0.25) is 0 Å². The highest BCUT2D eigenvalue weighted by atomic mass is 35.5. The van der Waals surface area contributed by atoms with Crippen molar-refractivity contribution in [3.8, 4) is 0 Å². The van der Waals surface area contributed by atoms with Crippen molar-refractivity contribution < 1.29 is 9.18 Å². The minimum atomic E-state index is -0.310. The van der Waals surface area contributed by atoms with Gasteiger partial charge in [-0.2, -0.15) is 0 Å². The van der Waals surface area contributed by atoms with Crippen LogP contribution in [0.3, 0.4) is 0 Å². The molecule has 2 N–H and O–H groups in total. The van der Waals surface area contributed by atoms with Crippen LogP contribution in [0.1, 0.15) is 23.2 Å². The molecular weight excluding hydrogens is 267 g/mol. The number of Topliss-reactive ketones (excluding diaryl/α,β-unsaturated/α-hetero) is 1. The molecule has 1 saturated heterocycles. The van der Waals surface area contributed by atoms with E-state index in [2.05, 4.69) is 4.90 Å². The monoisotopic (exact) mass is 286 g/mol. The minimum Gasteiger partial charge on any atom is -0.330 e. The summed E-state index contributed by atoms with van der Waals surface area (Å²) < 4.78 is 12.8. The Morgan fingerprint density at radius 3 is 2.37 bits per heavy atom. The zero-order valence-corrected chi connectivity index (χ0v) is 11.7. The maximum atomic E-state index is 12.8. The first-order valence-electron chi connectivity index (χ1n) is 6.40. The molecule has 0 aromatic heterocycles. The van der Waals surface area contributed by atoms with E-state index in [1.165, 1.54) is 12.1 Å². The van der Waals surface area contributed by atoms with Crippen LogP contribution in [0.25, 0.3) is 0 Å². The number of nitrogens with zero attached hydrogens (tertiary/aromatic N) is 1. The summed E-state index contributed by atoms with van der Waals surface area (Å²) in [6.45, 7) is 3.01. The normalized spacial score (nSPS) is 16.9. The molecule has 1 aromatic rings. The molecule has 0 aliphatic carbocycles. The molecule has 2 rings (SSSR count). The molecule has 19 heavy (non-hydrogen) atoms. The molecule has 0 bridgehead atoms. The number of hydrogen-bond donors (Lipinski definition) is 1. The van der Waals surface area contributed by atoms with Gasteiger partial charge in [0.2, 0.25) is 0 Å². The molecular formula is C14H20ClFN2O. The number of carbonyl (C=O) groups is 1. The first-order valence-corrected chi connectivity index (χ1v) is 6.40. The molecule has 0 saturated carbocycles. The number of ketones is 1. The highest BCUT2D eigenvalue weighted by Crippen LogP contribution is 2.16. The standard InChI is InChI=1S/C14H19FN2O.ClH/c15-13-3-1-12(2-4-13)14(18)10-17-7-5-11(9-16)6-8-17;/h1-4,11H,5-10,16H2;1H. The molecule has 3 nitrogen and oxygen atoms in total. The number of likely N-dealkylation sites (tertiary alicyclic amines) is 1. The van der Waals surface area contributed by atoms with Crippen molar-refractivity contribution in [3.05, 3.63) is 35.6 Å². The molecule has 0 amide bonds. The first kappa shape index (κ1) is 16.1. The summed E-state index contributed by atoms with van der Waals surface area (Å²) in [5.41, 5.74) is 6.22. The van der Waals surface area contributed by atoms with E-state index >= 15 is 0 Å². The zero-order chi connectivity index (χ0) is 13.0. The second kappa shape index (κ2) is 7.58. The van der Waals surface area contributed by atoms with E-state index in [-0.39, 0.29) is 24.0 Å². The smallest absolute Gasteiger partial charge is 0.176 e. The lowest BCUT2D eigenvalue weighted by Gasteiger charge is -2.30. The second-order valence-corrected chi connectivity index (χ2v) is 4.89. The van der Waals surface area contributed by atoms with Gasteiger partial charge in [-0.05, 0) is 62.7 Å². The van der Waals surface area contributed by atoms with Gasteiger partial charge in [-0.1, -0.05) is 0 Å². The summed E-state index contributed by atoms with van der Waals surface area (Å²) in [7, 11) is 0. The maximum Gasteiger partial charge on any atom is 0.176 e. The fourth-order valence-corrected chi connectivity index (χ4v) is 2.31. The Hall–Kier alpha value is -0.970. The van der Waals surface area contributed by atoms with E-state index in [0.29, 0.717) is 18.0 Å². The van der Waals surface area contributed by atoms with Crippen molar-refractivity contribution in [2.75, 3.05) is 26.2 Å². The molecule has 1 aliphatic rings. The van der Waals surface area contributed by atoms with E-state index in [1.54, 1.807) is 12.1 Å². The number of rotatable bonds is 4. The Morgan fingerprint density at radius 2 is 1.84 bits per heavy atom. The lowest BCUT2D eigenvalue weighted by molar-refractivity contribution is 0.0897. The quantitative estimate of drug-likeness (QED) is 0.862. The largest absolute Gasteiger partial charge is 0.330 e. The van der Waals surface area contributed by atoms with E-state index in [4.69, 9.17) is 5.73 Å². The number of carbonyl (C=O) groups excluding carboxylic acids is 1. The average Bonchev–Trinajstić information content (AvgIpc) is 2.40. The van der Waals surface area contributed by atoms with Gasteiger partial charge in [0.05, 0.1) is 6.54 Å². The third-order valence-corrected chi connectivity index (χ3v) is 3.57. The third kappa shape index (κ3) is 4.56. The van der Waals surface area contributed by atoms with Gasteiger partial charge in [-0.25, -0.2) is 4.39 Å². The van der Waals surface area contributed by atoms with Crippen LogP contribution in [-0.4, -0.2) is 36.9 Å². The summed E-state index contributed by atoms with van der Waals surface area (Å²) in [5, 5.41) is 0. The van der Waals surface area contributed by atoms with Crippen LogP contribution in [0.15, 0.2) is 24.3 Å². The Labute approximate surface area is 119 Å². The number of nitrogens with two attached hydrogens (primary N) is 1. The van der Waals surface area contributed by atoms with E-state index in [1.807, 2.05) is 0 Å². The second-order valence-electron chi connectivity index (χ2n) is 4.89. The van der Waals surface area contributed by atoms with Crippen LogP contribution in [-0.2, 0) is 0 Å². The van der Waals surface area contributed by atoms with Crippen LogP contribution < -0.4 is 5.73 Å². The maximum absolute atomic E-state index is 12.8. The average molecular weight is 287 g/mol. The van der Waals surface area contributed by atoms with Gasteiger partial charge in [0.15, 0.2) is 5.78 Å². The molecule has 1 fully saturated rings. The molecule has 1 heterocycles. The number of benzene rings is 1. The molecule has 1 aromatic carbocycles. The highest BCUT2D eigenvalue weighted by molar-refractivity contribution is 5.97. The summed E-state index contributed by atoms with van der Waals surface area (Å²) in [6, 6.07) is 5.75. The third-order valence-electron chi connectivity index (χ3n) is 3.57. The van der Waals surface area contributed by atoms with E-state index in [9.17, 15) is 9.18 Å². The van der Waals surface area contributed by atoms with Gasteiger partial charge in [0, 0.05) is 5.56 Å². The van der Waals surface area contributed by atoms with Gasteiger partial charge in [-0.3, -0.25) is 9.69 Å². The van der Waals surface area contributed by atoms with Crippen molar-refractivity contribution in [1.82, 2.24) is 4.90 Å². The van der Waals surface area contributed by atoms with Gasteiger partial charge in [0.1, 0.15) is 5.82 Å². The Bertz CT molecular complexity index is 402. The SMILES string of the molecule is Cl.NCC1CCN(CC(=O)c2ccc(F)cc2)CC1. The van der Waals surface area contributed by atoms with Crippen molar-refractivity contribution in [3.63, 3.8) is 0 Å². The molecule has 0 radical (unpaired) electrons. The van der Waals surface area contributed by atoms with Gasteiger partial charge >= 0.3 is 0 Å². The van der Waals surface area contributed by atoms with Crippen LogP contribution in [0, 0.1) is 11.7 Å².